The van der Waals surface area contributed by atoms with Gasteiger partial charge >= 0.3 is 0 Å². The van der Waals surface area contributed by atoms with Crippen molar-refractivity contribution >= 4 is 28.1 Å². The van der Waals surface area contributed by atoms with Crippen molar-refractivity contribution in [2.24, 2.45) is 5.92 Å². The van der Waals surface area contributed by atoms with Crippen LogP contribution >= 0.6 is 11.6 Å². The molecule has 3 aliphatic rings. The van der Waals surface area contributed by atoms with Crippen molar-refractivity contribution in [3.05, 3.63) is 35.1 Å². The van der Waals surface area contributed by atoms with Crippen LogP contribution in [0.15, 0.2) is 24.4 Å². The minimum Gasteiger partial charge on any atom is -0.368 e. The van der Waals surface area contributed by atoms with Crippen LogP contribution in [0, 0.1) is 5.92 Å². The van der Waals surface area contributed by atoms with Crippen LogP contribution < -0.4 is 4.90 Å². The molecule has 2 aromatic rings. The van der Waals surface area contributed by atoms with Crippen LogP contribution in [-0.2, 0) is 15.9 Å². The number of hydrogen-bond acceptors (Lipinski definition) is 4. The normalized spacial score (nSPS) is 27.2. The minimum atomic E-state index is 0.0383. The first kappa shape index (κ1) is 15.9. The molecule has 0 N–H and O–H groups in total. The molecular formula is C20H23ClN2O2. The number of hydrogen-bond donors (Lipinski definition) is 0. The van der Waals surface area contributed by atoms with E-state index in [2.05, 4.69) is 28.1 Å². The lowest BCUT2D eigenvalue weighted by Crippen LogP contribution is -2.42. The first-order valence-corrected chi connectivity index (χ1v) is 9.75. The van der Waals surface area contributed by atoms with Gasteiger partial charge < -0.3 is 14.4 Å². The second kappa shape index (κ2) is 6.42. The zero-order valence-corrected chi connectivity index (χ0v) is 15.0. The molecule has 0 amide bonds. The number of benzene rings is 1. The average molecular weight is 359 g/mol. The van der Waals surface area contributed by atoms with Crippen molar-refractivity contribution in [2.45, 2.75) is 44.4 Å². The van der Waals surface area contributed by atoms with Crippen LogP contribution in [0.4, 0.5) is 5.69 Å². The Labute approximate surface area is 153 Å². The Kier molecular flexibility index (Phi) is 4.07. The van der Waals surface area contributed by atoms with Crippen LogP contribution in [0.1, 0.15) is 31.2 Å². The van der Waals surface area contributed by atoms with E-state index < -0.39 is 0 Å². The molecule has 0 atom stereocenters. The number of anilines is 1. The molecule has 4 nitrogen and oxygen atoms in total. The standard InChI is InChI=1S/C20H23ClN2O2/c21-19-16-2-1-3-17-18(16)14(12-22-19)8-9-23(17)15-6-4-13(5-7-15)20-24-10-11-25-20/h1-3,12-13,15,20H,4-11H2. The molecule has 1 saturated carbocycles. The summed E-state index contributed by atoms with van der Waals surface area (Å²) in [6, 6.07) is 7.05. The highest BCUT2D eigenvalue weighted by atomic mass is 35.5. The molecule has 5 heteroatoms. The van der Waals surface area contributed by atoms with E-state index in [-0.39, 0.29) is 6.29 Å². The van der Waals surface area contributed by atoms with Gasteiger partial charge in [0.25, 0.3) is 0 Å². The van der Waals surface area contributed by atoms with Gasteiger partial charge in [0.05, 0.1) is 13.2 Å². The van der Waals surface area contributed by atoms with E-state index in [0.29, 0.717) is 17.1 Å². The summed E-state index contributed by atoms with van der Waals surface area (Å²) in [5.74, 6) is 0.560. The predicted molar refractivity (Wildman–Crippen MR) is 99.2 cm³/mol. The van der Waals surface area contributed by atoms with Gasteiger partial charge in [-0.2, -0.15) is 0 Å². The highest BCUT2D eigenvalue weighted by Gasteiger charge is 2.34. The SMILES string of the molecule is Clc1ncc2c3c(cccc13)N(C1CCC(C3OCCO3)CC1)CC2. The molecule has 1 aromatic carbocycles. The van der Waals surface area contributed by atoms with Crippen molar-refractivity contribution < 1.29 is 9.47 Å². The Morgan fingerprint density at radius 3 is 2.68 bits per heavy atom. The van der Waals surface area contributed by atoms with Gasteiger partial charge in [-0.25, -0.2) is 4.98 Å². The van der Waals surface area contributed by atoms with E-state index in [0.717, 1.165) is 31.6 Å². The summed E-state index contributed by atoms with van der Waals surface area (Å²) >= 11 is 6.35. The molecule has 3 heterocycles. The topological polar surface area (TPSA) is 34.6 Å². The highest BCUT2D eigenvalue weighted by Crippen LogP contribution is 2.40. The molecule has 0 radical (unpaired) electrons. The maximum Gasteiger partial charge on any atom is 0.160 e. The van der Waals surface area contributed by atoms with Crippen molar-refractivity contribution in [1.82, 2.24) is 4.98 Å². The molecule has 1 saturated heterocycles. The van der Waals surface area contributed by atoms with E-state index in [1.165, 1.54) is 42.3 Å². The summed E-state index contributed by atoms with van der Waals surface area (Å²) < 4.78 is 11.4. The lowest BCUT2D eigenvalue weighted by molar-refractivity contribution is -0.0930. The molecule has 132 valence electrons. The minimum absolute atomic E-state index is 0.0383. The molecule has 1 aliphatic carbocycles. The lowest BCUT2D eigenvalue weighted by atomic mass is 9.83. The maximum absolute atomic E-state index is 6.35. The first-order valence-electron chi connectivity index (χ1n) is 9.37. The molecule has 5 rings (SSSR count). The van der Waals surface area contributed by atoms with Gasteiger partial charge in [-0.3, -0.25) is 0 Å². The summed E-state index contributed by atoms with van der Waals surface area (Å²) in [6.45, 7) is 2.58. The smallest absolute Gasteiger partial charge is 0.160 e. The summed E-state index contributed by atoms with van der Waals surface area (Å²) in [6.07, 6.45) is 7.83. The van der Waals surface area contributed by atoms with Crippen LogP contribution in [0.5, 0.6) is 0 Å². The Morgan fingerprint density at radius 2 is 1.88 bits per heavy atom. The van der Waals surface area contributed by atoms with Crippen molar-refractivity contribution in [3.63, 3.8) is 0 Å². The van der Waals surface area contributed by atoms with E-state index in [4.69, 9.17) is 21.1 Å². The second-order valence-corrected chi connectivity index (χ2v) is 7.75. The zero-order valence-electron chi connectivity index (χ0n) is 14.3. The number of halogens is 1. The van der Waals surface area contributed by atoms with Gasteiger partial charge in [-0.1, -0.05) is 23.7 Å². The first-order chi connectivity index (χ1) is 12.3. The number of nitrogens with zero attached hydrogens (tertiary/aromatic N) is 2. The van der Waals surface area contributed by atoms with Crippen LogP contribution in [0.25, 0.3) is 10.8 Å². The van der Waals surface area contributed by atoms with Gasteiger partial charge in [0.1, 0.15) is 5.15 Å². The quantitative estimate of drug-likeness (QED) is 0.754. The molecule has 0 unspecified atom stereocenters. The summed E-state index contributed by atoms with van der Waals surface area (Å²) in [7, 11) is 0. The largest absolute Gasteiger partial charge is 0.368 e. The fourth-order valence-corrected chi connectivity index (χ4v) is 5.03. The Morgan fingerprint density at radius 1 is 1.08 bits per heavy atom. The van der Waals surface area contributed by atoms with Crippen molar-refractivity contribution in [1.29, 1.82) is 0 Å². The van der Waals surface area contributed by atoms with Crippen LogP contribution in [0.2, 0.25) is 5.15 Å². The van der Waals surface area contributed by atoms with Gasteiger partial charge in [0, 0.05) is 41.2 Å². The lowest BCUT2D eigenvalue weighted by Gasteiger charge is -2.41. The highest BCUT2D eigenvalue weighted by molar-refractivity contribution is 6.34. The Hall–Kier alpha value is -1.36. The molecule has 0 spiro atoms. The second-order valence-electron chi connectivity index (χ2n) is 7.40. The van der Waals surface area contributed by atoms with Crippen molar-refractivity contribution in [3.8, 4) is 0 Å². The summed E-state index contributed by atoms with van der Waals surface area (Å²) in [5, 5.41) is 3.00. The fraction of sp³-hybridized carbons (Fsp3) is 0.550. The maximum atomic E-state index is 6.35. The number of pyridine rings is 1. The monoisotopic (exact) mass is 358 g/mol. The molecule has 2 fully saturated rings. The van der Waals surface area contributed by atoms with E-state index >= 15 is 0 Å². The Bertz CT molecular complexity index is 783. The van der Waals surface area contributed by atoms with Crippen LogP contribution in [-0.4, -0.2) is 37.1 Å². The molecule has 25 heavy (non-hydrogen) atoms. The van der Waals surface area contributed by atoms with Gasteiger partial charge in [0.15, 0.2) is 6.29 Å². The summed E-state index contributed by atoms with van der Waals surface area (Å²) in [4.78, 5) is 6.97. The fourth-order valence-electron chi connectivity index (χ4n) is 4.82. The van der Waals surface area contributed by atoms with E-state index in [9.17, 15) is 0 Å². The molecule has 0 bridgehead atoms. The van der Waals surface area contributed by atoms with Gasteiger partial charge in [0.2, 0.25) is 0 Å². The predicted octanol–water partition coefficient (Wildman–Crippen LogP) is 4.18. The number of rotatable bonds is 2. The van der Waals surface area contributed by atoms with Gasteiger partial charge in [-0.15, -0.1) is 0 Å². The molecule has 2 aliphatic heterocycles. The molecular weight excluding hydrogens is 336 g/mol. The summed E-state index contributed by atoms with van der Waals surface area (Å²) in [5.41, 5.74) is 2.66. The number of ether oxygens (including phenoxy) is 2. The zero-order chi connectivity index (χ0) is 16.8. The van der Waals surface area contributed by atoms with Crippen LogP contribution in [0.3, 0.4) is 0 Å². The third-order valence-electron chi connectivity index (χ3n) is 6.07. The van der Waals surface area contributed by atoms with E-state index in [1.807, 2.05) is 6.20 Å². The van der Waals surface area contributed by atoms with Gasteiger partial charge in [-0.05, 0) is 43.7 Å². The molecule has 1 aromatic heterocycles. The van der Waals surface area contributed by atoms with E-state index in [1.54, 1.807) is 0 Å². The Balaban J connectivity index is 1.40. The van der Waals surface area contributed by atoms with Crippen molar-refractivity contribution in [2.75, 3.05) is 24.7 Å². The third-order valence-corrected chi connectivity index (χ3v) is 6.37. The average Bonchev–Trinajstić information content (AvgIpc) is 3.20. The number of aromatic nitrogens is 1. The third kappa shape index (κ3) is 2.71.